The molecule has 9 aromatic rings. The fraction of sp³-hybridized carbons (Fsp3) is 0.167. The third kappa shape index (κ3) is 16.9. The van der Waals surface area contributed by atoms with Crippen LogP contribution in [0.4, 0.5) is 61.5 Å². The van der Waals surface area contributed by atoms with E-state index in [1.165, 1.54) is 0 Å². The van der Waals surface area contributed by atoms with E-state index < -0.39 is 165 Å². The molecule has 26 heteroatoms. The SMILES string of the molecule is O=C(O[C@H]1Cc2ccccc2C[C@H]1OC(=O)c1cc(F)c(F)c(F)c1)c1cc(F)c(F)c(F)c1.O=C(O[C@H]1Cc2ccccc2C[C@H]1OC(=O)c1cc(F)cc(F)c1)c1cc(F)cc(F)c1.O=C(O[C@H]1Cc2ccccc2C[C@H]1OC(=O)c1ccc(F)c(F)c1)c1ccc(F)c(F)c1. The molecule has 98 heavy (non-hydrogen) atoms. The second-order valence-corrected chi connectivity index (χ2v) is 22.3. The number of carbonyl (C=O) groups excluding carboxylic acids is 6. The molecule has 3 aliphatic carbocycles. The van der Waals surface area contributed by atoms with Crippen molar-refractivity contribution in [3.63, 3.8) is 0 Å². The number of benzene rings is 9. The van der Waals surface area contributed by atoms with Crippen LogP contribution in [-0.2, 0) is 66.9 Å². The molecule has 0 bridgehead atoms. The summed E-state index contributed by atoms with van der Waals surface area (Å²) in [5.74, 6) is -24.5. The van der Waals surface area contributed by atoms with Gasteiger partial charge in [-0.1, -0.05) is 72.8 Å². The fourth-order valence-corrected chi connectivity index (χ4v) is 10.8. The number of fused-ring (bicyclic) bond motifs is 3. The summed E-state index contributed by atoms with van der Waals surface area (Å²) in [7, 11) is 0. The number of ether oxygens (including phenoxy) is 6. The minimum atomic E-state index is -1.76. The third-order valence-corrected chi connectivity index (χ3v) is 15.6. The molecule has 504 valence electrons. The van der Waals surface area contributed by atoms with Crippen LogP contribution in [0.25, 0.3) is 0 Å². The van der Waals surface area contributed by atoms with Gasteiger partial charge in [0, 0.05) is 50.7 Å². The van der Waals surface area contributed by atoms with Crippen LogP contribution < -0.4 is 0 Å². The van der Waals surface area contributed by atoms with Gasteiger partial charge in [-0.3, -0.25) is 0 Å². The van der Waals surface area contributed by atoms with Crippen LogP contribution in [0, 0.1) is 81.4 Å². The topological polar surface area (TPSA) is 158 Å². The van der Waals surface area contributed by atoms with E-state index in [1.807, 2.05) is 24.3 Å². The molecule has 0 saturated carbocycles. The highest BCUT2D eigenvalue weighted by Gasteiger charge is 2.39. The van der Waals surface area contributed by atoms with E-state index in [-0.39, 0.29) is 60.8 Å². The molecule has 0 fully saturated rings. The number of rotatable bonds is 12. The second kappa shape index (κ2) is 30.3. The Morgan fingerprint density at radius 1 is 0.224 bits per heavy atom. The Hall–Kier alpha value is -11.2. The van der Waals surface area contributed by atoms with Crippen molar-refractivity contribution < 1.29 is 119 Å². The van der Waals surface area contributed by atoms with Gasteiger partial charge >= 0.3 is 35.8 Å². The minimum absolute atomic E-state index is 0.0398. The van der Waals surface area contributed by atoms with E-state index in [9.17, 15) is 90.2 Å². The number of carbonyl (C=O) groups is 6. The maximum atomic E-state index is 13.5. The van der Waals surface area contributed by atoms with E-state index in [0.29, 0.717) is 36.4 Å². The van der Waals surface area contributed by atoms with Gasteiger partial charge in [-0.2, -0.15) is 0 Å². The first-order valence-corrected chi connectivity index (χ1v) is 29.3. The molecule has 0 aliphatic heterocycles. The maximum absolute atomic E-state index is 13.5. The summed E-state index contributed by atoms with van der Waals surface area (Å²) in [4.78, 5) is 75.1. The van der Waals surface area contributed by atoms with Crippen LogP contribution in [0.1, 0.15) is 95.5 Å². The number of hydrogen-bond acceptors (Lipinski definition) is 12. The molecule has 0 aromatic heterocycles. The molecular formula is C72H46F14O12. The first-order valence-electron chi connectivity index (χ1n) is 29.3. The first-order chi connectivity index (χ1) is 46.7. The summed E-state index contributed by atoms with van der Waals surface area (Å²) in [6, 6.07) is 33.0. The Kier molecular flexibility index (Phi) is 21.5. The quantitative estimate of drug-likeness (QED) is 0.0494. The molecule has 12 rings (SSSR count). The van der Waals surface area contributed by atoms with Gasteiger partial charge in [-0.05, 0) is 118 Å². The second-order valence-electron chi connectivity index (χ2n) is 22.3. The molecule has 0 amide bonds. The minimum Gasteiger partial charge on any atom is -0.454 e. The lowest BCUT2D eigenvalue weighted by Gasteiger charge is -2.32. The average molecular weight is 1370 g/mol. The molecule has 3 aliphatic rings. The monoisotopic (exact) mass is 1370 g/mol. The highest BCUT2D eigenvalue weighted by molar-refractivity contribution is 5.93. The molecule has 0 spiro atoms. The number of hydrogen-bond donors (Lipinski definition) is 0. The number of halogens is 14. The Bertz CT molecular complexity index is 4220. The maximum Gasteiger partial charge on any atom is 0.338 e. The molecule has 0 unspecified atom stereocenters. The van der Waals surface area contributed by atoms with Gasteiger partial charge in [0.2, 0.25) is 0 Å². The molecule has 6 atom stereocenters. The zero-order valence-electron chi connectivity index (χ0n) is 50.1. The van der Waals surface area contributed by atoms with Gasteiger partial charge in [0.1, 0.15) is 59.9 Å². The third-order valence-electron chi connectivity index (χ3n) is 15.6. The molecule has 12 nitrogen and oxygen atoms in total. The molecule has 0 N–H and O–H groups in total. The van der Waals surface area contributed by atoms with Crippen molar-refractivity contribution in [3.8, 4) is 0 Å². The fourth-order valence-electron chi connectivity index (χ4n) is 10.8. The van der Waals surface area contributed by atoms with Crippen LogP contribution in [-0.4, -0.2) is 72.4 Å². The van der Waals surface area contributed by atoms with Gasteiger partial charge in [-0.25, -0.2) is 90.2 Å². The zero-order chi connectivity index (χ0) is 70.2. The Morgan fingerprint density at radius 2 is 0.418 bits per heavy atom. The van der Waals surface area contributed by atoms with Crippen molar-refractivity contribution >= 4 is 35.8 Å². The van der Waals surface area contributed by atoms with Crippen molar-refractivity contribution in [1.29, 1.82) is 0 Å². The predicted octanol–water partition coefficient (Wildman–Crippen LogP) is 14.7. The highest BCUT2D eigenvalue weighted by atomic mass is 19.2. The molecule has 0 radical (unpaired) electrons. The Balaban J connectivity index is 0.000000159. The Labute approximate surface area is 545 Å². The summed E-state index contributed by atoms with van der Waals surface area (Å²) in [5.41, 5.74) is 2.63. The van der Waals surface area contributed by atoms with Crippen LogP contribution in [0.2, 0.25) is 0 Å². The average Bonchev–Trinajstić information content (AvgIpc) is 0.815. The van der Waals surface area contributed by atoms with Crippen LogP contribution in [0.5, 0.6) is 0 Å². The lowest BCUT2D eigenvalue weighted by molar-refractivity contribution is -0.0390. The molecule has 0 heterocycles. The predicted molar refractivity (Wildman–Crippen MR) is 315 cm³/mol. The lowest BCUT2D eigenvalue weighted by atomic mass is 9.87. The largest absolute Gasteiger partial charge is 0.454 e. The summed E-state index contributed by atoms with van der Waals surface area (Å²) < 4.78 is 220. The van der Waals surface area contributed by atoms with Gasteiger partial charge in [0.05, 0.1) is 33.4 Å². The molecule has 0 saturated heterocycles. The van der Waals surface area contributed by atoms with Gasteiger partial charge < -0.3 is 28.4 Å². The van der Waals surface area contributed by atoms with E-state index in [0.717, 1.165) is 94.0 Å². The van der Waals surface area contributed by atoms with Crippen molar-refractivity contribution in [2.24, 2.45) is 0 Å². The lowest BCUT2D eigenvalue weighted by Crippen LogP contribution is -2.41. The summed E-state index contributed by atoms with van der Waals surface area (Å²) >= 11 is 0. The van der Waals surface area contributed by atoms with Crippen molar-refractivity contribution in [1.82, 2.24) is 0 Å². The smallest absolute Gasteiger partial charge is 0.338 e. The normalized spacial score (nSPS) is 17.3. The van der Waals surface area contributed by atoms with E-state index in [2.05, 4.69) is 0 Å². The van der Waals surface area contributed by atoms with Gasteiger partial charge in [-0.15, -0.1) is 0 Å². The highest BCUT2D eigenvalue weighted by Crippen LogP contribution is 2.32. The van der Waals surface area contributed by atoms with Crippen LogP contribution in [0.15, 0.2) is 170 Å². The van der Waals surface area contributed by atoms with Gasteiger partial charge in [0.15, 0.2) is 58.2 Å². The molecular weight excluding hydrogens is 1320 g/mol. The first kappa shape index (κ1) is 69.6. The zero-order valence-corrected chi connectivity index (χ0v) is 50.1. The Morgan fingerprint density at radius 3 is 0.633 bits per heavy atom. The van der Waals surface area contributed by atoms with Gasteiger partial charge in [0.25, 0.3) is 0 Å². The van der Waals surface area contributed by atoms with Crippen molar-refractivity contribution in [2.45, 2.75) is 75.1 Å². The summed E-state index contributed by atoms with van der Waals surface area (Å²) in [5, 5.41) is 0. The van der Waals surface area contributed by atoms with Crippen molar-refractivity contribution in [3.05, 3.63) is 318 Å². The van der Waals surface area contributed by atoms with E-state index in [4.69, 9.17) is 28.4 Å². The summed E-state index contributed by atoms with van der Waals surface area (Å²) in [6.45, 7) is 0. The van der Waals surface area contributed by atoms with E-state index >= 15 is 0 Å². The molecule has 9 aromatic carbocycles. The standard InChI is InChI=1S/C24H14F6O4.2C24H16F4O4/c25-15-5-13(6-16(26)21(15)29)23(31)33-19-9-11-3-1-2-4-12(11)10-20(19)34-24(32)14-7-17(27)22(30)18(28)8-14;25-17-5-15(6-18(26)11-17)23(29)31-21-9-13-3-1-2-4-14(13)10-22(21)32-24(30)16-7-19(27)12-20(28)8-16;25-17-7-5-15(9-19(17)27)23(29)31-21-11-13-3-1-2-4-14(13)12-22(21)32-24(30)16-6-8-18(26)20(28)10-16/h1-8,19-20H,9-10H2;1-8,11-12,21-22H,9-10H2;1-10,21-22H,11-12H2/t19-,20+;2*21-,22+. The summed E-state index contributed by atoms with van der Waals surface area (Å²) in [6.07, 6.45) is -5.28. The van der Waals surface area contributed by atoms with Crippen LogP contribution >= 0.6 is 0 Å². The van der Waals surface area contributed by atoms with E-state index in [1.54, 1.807) is 48.5 Å². The number of esters is 6. The van der Waals surface area contributed by atoms with Crippen LogP contribution in [0.3, 0.4) is 0 Å². The van der Waals surface area contributed by atoms with Crippen molar-refractivity contribution in [2.75, 3.05) is 0 Å².